The van der Waals surface area contributed by atoms with Crippen molar-refractivity contribution in [3.05, 3.63) is 119 Å². The lowest BCUT2D eigenvalue weighted by atomic mass is 9.96. The van der Waals surface area contributed by atoms with Crippen molar-refractivity contribution < 1.29 is 17.6 Å². The Labute approximate surface area is 166 Å². The van der Waals surface area contributed by atoms with E-state index in [1.54, 1.807) is 12.1 Å². The maximum Gasteiger partial charge on any atom is 0.133 e. The van der Waals surface area contributed by atoms with E-state index >= 15 is 0 Å². The molecule has 4 heteroatoms. The second kappa shape index (κ2) is 7.92. The van der Waals surface area contributed by atoms with Gasteiger partial charge in [0, 0.05) is 23.3 Å². The number of rotatable bonds is 4. The largest absolute Gasteiger partial charge is 0.207 e. The summed E-state index contributed by atoms with van der Waals surface area (Å²) in [5.74, 6) is -2.47. The molecule has 0 N–H and O–H groups in total. The van der Waals surface area contributed by atoms with Crippen LogP contribution in [0.4, 0.5) is 17.6 Å². The van der Waals surface area contributed by atoms with E-state index in [-0.39, 0.29) is 0 Å². The quantitative estimate of drug-likeness (QED) is 0.323. The molecule has 4 aromatic rings. The molecule has 4 rings (SSSR count). The lowest BCUT2D eigenvalue weighted by molar-refractivity contribution is 0.585. The van der Waals surface area contributed by atoms with Crippen LogP contribution in [0.5, 0.6) is 0 Å². The summed E-state index contributed by atoms with van der Waals surface area (Å²) in [5, 5.41) is 0. The Morgan fingerprint density at radius 1 is 0.483 bits per heavy atom. The van der Waals surface area contributed by atoms with Crippen LogP contribution < -0.4 is 0 Å². The van der Waals surface area contributed by atoms with Gasteiger partial charge in [-0.15, -0.1) is 0 Å². The molecule has 0 unspecified atom stereocenters. The van der Waals surface area contributed by atoms with Gasteiger partial charge in [-0.1, -0.05) is 48.5 Å². The monoisotopic (exact) mass is 392 g/mol. The predicted octanol–water partition coefficient (Wildman–Crippen LogP) is 7.17. The minimum absolute atomic E-state index is 0.329. The topological polar surface area (TPSA) is 0 Å². The van der Waals surface area contributed by atoms with E-state index in [2.05, 4.69) is 0 Å². The third kappa shape index (κ3) is 4.21. The standard InChI is InChI=1S/C25H16F4/c26-20-7-9-22(24(28)14-20)18-5-1-3-16(12-18)11-17-4-2-6-19(13-17)23-10-8-21(27)15-25(23)29/h1-10,12-15H,11H2. The molecular weight excluding hydrogens is 376 g/mol. The van der Waals surface area contributed by atoms with Crippen molar-refractivity contribution in [3.8, 4) is 22.3 Å². The van der Waals surface area contributed by atoms with Gasteiger partial charge in [0.25, 0.3) is 0 Å². The molecule has 0 radical (unpaired) electrons. The van der Waals surface area contributed by atoms with Crippen molar-refractivity contribution in [3.63, 3.8) is 0 Å². The Morgan fingerprint density at radius 3 is 1.34 bits per heavy atom. The zero-order valence-electron chi connectivity index (χ0n) is 15.3. The molecule has 0 heterocycles. The van der Waals surface area contributed by atoms with Gasteiger partial charge in [-0.3, -0.25) is 0 Å². The van der Waals surface area contributed by atoms with Gasteiger partial charge in [-0.2, -0.15) is 0 Å². The molecule has 0 aliphatic carbocycles. The molecular formula is C25H16F4. The van der Waals surface area contributed by atoms with Crippen LogP contribution in [0.3, 0.4) is 0 Å². The molecule has 0 aliphatic rings. The molecule has 0 bridgehead atoms. The number of halogens is 4. The van der Waals surface area contributed by atoms with Crippen LogP contribution in [0, 0.1) is 23.3 Å². The minimum atomic E-state index is -0.618. The first-order valence-corrected chi connectivity index (χ1v) is 9.08. The highest BCUT2D eigenvalue weighted by atomic mass is 19.1. The maximum absolute atomic E-state index is 14.1. The van der Waals surface area contributed by atoms with E-state index in [0.717, 1.165) is 23.3 Å². The summed E-state index contributed by atoms with van der Waals surface area (Å²) in [6.07, 6.45) is 0.549. The molecule has 0 aromatic heterocycles. The van der Waals surface area contributed by atoms with Crippen LogP contribution in [0.25, 0.3) is 22.3 Å². The Bertz CT molecular complexity index is 1090. The average molecular weight is 392 g/mol. The summed E-state index contributed by atoms with van der Waals surface area (Å²) < 4.78 is 54.5. The Hall–Kier alpha value is -3.40. The molecule has 0 amide bonds. The molecule has 0 atom stereocenters. The Kier molecular flexibility index (Phi) is 5.17. The van der Waals surface area contributed by atoms with Crippen molar-refractivity contribution in [1.82, 2.24) is 0 Å². The highest BCUT2D eigenvalue weighted by molar-refractivity contribution is 5.66. The van der Waals surface area contributed by atoms with Crippen LogP contribution in [-0.2, 0) is 6.42 Å². The van der Waals surface area contributed by atoms with Gasteiger partial charge in [0.05, 0.1) is 0 Å². The van der Waals surface area contributed by atoms with Gasteiger partial charge >= 0.3 is 0 Å². The Balaban J connectivity index is 1.63. The minimum Gasteiger partial charge on any atom is -0.207 e. The first kappa shape index (κ1) is 18.9. The summed E-state index contributed by atoms with van der Waals surface area (Å²) in [5.41, 5.74) is 3.83. The fourth-order valence-electron chi connectivity index (χ4n) is 3.38. The number of benzene rings is 4. The molecule has 144 valence electrons. The normalized spacial score (nSPS) is 10.9. The van der Waals surface area contributed by atoms with Crippen LogP contribution >= 0.6 is 0 Å². The van der Waals surface area contributed by atoms with Gasteiger partial charge in [0.2, 0.25) is 0 Å². The zero-order chi connectivity index (χ0) is 20.4. The first-order valence-electron chi connectivity index (χ1n) is 9.08. The summed E-state index contributed by atoms with van der Waals surface area (Å²) in [7, 11) is 0. The first-order chi connectivity index (χ1) is 14.0. The van der Waals surface area contributed by atoms with E-state index in [1.807, 2.05) is 36.4 Å². The summed E-state index contributed by atoms with van der Waals surface area (Å²) in [6, 6.07) is 21.7. The van der Waals surface area contributed by atoms with Crippen LogP contribution in [0.2, 0.25) is 0 Å². The lowest BCUT2D eigenvalue weighted by Gasteiger charge is -2.09. The van der Waals surface area contributed by atoms with Crippen LogP contribution in [0.1, 0.15) is 11.1 Å². The number of hydrogen-bond donors (Lipinski definition) is 0. The molecule has 0 spiro atoms. The third-order valence-corrected chi connectivity index (χ3v) is 4.75. The SMILES string of the molecule is Fc1ccc(-c2cccc(Cc3cccc(-c4ccc(F)cc4F)c3)c2)c(F)c1. The van der Waals surface area contributed by atoms with E-state index < -0.39 is 23.3 Å². The predicted molar refractivity (Wildman–Crippen MR) is 106 cm³/mol. The molecule has 0 saturated heterocycles. The fourth-order valence-corrected chi connectivity index (χ4v) is 3.38. The molecule has 29 heavy (non-hydrogen) atoms. The van der Waals surface area contributed by atoms with Crippen molar-refractivity contribution >= 4 is 0 Å². The van der Waals surface area contributed by atoms with E-state index in [1.165, 1.54) is 24.3 Å². The molecule has 0 nitrogen and oxygen atoms in total. The fraction of sp³-hybridized carbons (Fsp3) is 0.0400. The molecule has 0 fully saturated rings. The molecule has 4 aromatic carbocycles. The molecule has 0 aliphatic heterocycles. The van der Waals surface area contributed by atoms with Gasteiger partial charge in [-0.25, -0.2) is 17.6 Å². The van der Waals surface area contributed by atoms with Gasteiger partial charge in [0.1, 0.15) is 23.3 Å². The van der Waals surface area contributed by atoms with Crippen molar-refractivity contribution in [1.29, 1.82) is 0 Å². The van der Waals surface area contributed by atoms with Gasteiger partial charge in [0.15, 0.2) is 0 Å². The van der Waals surface area contributed by atoms with E-state index in [9.17, 15) is 17.6 Å². The second-order valence-corrected chi connectivity index (χ2v) is 6.83. The Morgan fingerprint density at radius 2 is 0.931 bits per heavy atom. The van der Waals surface area contributed by atoms with Crippen LogP contribution in [0.15, 0.2) is 84.9 Å². The maximum atomic E-state index is 14.1. The lowest BCUT2D eigenvalue weighted by Crippen LogP contribution is -1.92. The van der Waals surface area contributed by atoms with Crippen molar-refractivity contribution in [2.75, 3.05) is 0 Å². The second-order valence-electron chi connectivity index (χ2n) is 6.83. The summed E-state index contributed by atoms with van der Waals surface area (Å²) in [6.45, 7) is 0. The van der Waals surface area contributed by atoms with Crippen molar-refractivity contribution in [2.24, 2.45) is 0 Å². The van der Waals surface area contributed by atoms with Crippen LogP contribution in [-0.4, -0.2) is 0 Å². The highest BCUT2D eigenvalue weighted by Gasteiger charge is 2.09. The van der Waals surface area contributed by atoms with Crippen molar-refractivity contribution in [2.45, 2.75) is 6.42 Å². The zero-order valence-corrected chi connectivity index (χ0v) is 15.3. The summed E-state index contributed by atoms with van der Waals surface area (Å²) >= 11 is 0. The van der Waals surface area contributed by atoms with Gasteiger partial charge < -0.3 is 0 Å². The molecule has 0 saturated carbocycles. The number of hydrogen-bond acceptors (Lipinski definition) is 0. The smallest absolute Gasteiger partial charge is 0.133 e. The van der Waals surface area contributed by atoms with E-state index in [4.69, 9.17) is 0 Å². The highest BCUT2D eigenvalue weighted by Crippen LogP contribution is 2.27. The van der Waals surface area contributed by atoms with Gasteiger partial charge in [-0.05, 0) is 52.9 Å². The summed E-state index contributed by atoms with van der Waals surface area (Å²) in [4.78, 5) is 0. The third-order valence-electron chi connectivity index (χ3n) is 4.75. The average Bonchev–Trinajstić information content (AvgIpc) is 2.68. The van der Waals surface area contributed by atoms with E-state index in [0.29, 0.717) is 28.7 Å².